The molecule has 0 N–H and O–H groups in total. The summed E-state index contributed by atoms with van der Waals surface area (Å²) in [6.45, 7) is 17.2. The smallest absolute Gasteiger partial charge is 0.235 e. The van der Waals surface area contributed by atoms with Gasteiger partial charge in [-0.25, -0.2) is 0 Å². The molecule has 2 atom stereocenters. The second-order valence-corrected chi connectivity index (χ2v) is 15.2. The molecule has 1 aliphatic heterocycles. The molecular formula is C23H37NO3Si. The highest BCUT2D eigenvalue weighted by molar-refractivity contribution is 6.74. The zero-order chi connectivity index (χ0) is 21.3. The largest absolute Gasteiger partial charge is 0.415 e. The van der Waals surface area contributed by atoms with Crippen molar-refractivity contribution in [1.82, 2.24) is 4.90 Å². The Kier molecular flexibility index (Phi) is 6.61. The molecule has 4 nitrogen and oxygen atoms in total. The number of hydrogen-bond acceptors (Lipinski definition) is 3. The number of likely N-dealkylation sites (tertiary alicyclic amines) is 1. The summed E-state index contributed by atoms with van der Waals surface area (Å²) in [6.07, 6.45) is 1.30. The van der Waals surface area contributed by atoms with E-state index in [0.717, 1.165) is 5.56 Å². The summed E-state index contributed by atoms with van der Waals surface area (Å²) < 4.78 is 6.39. The first-order valence-corrected chi connectivity index (χ1v) is 13.2. The third kappa shape index (κ3) is 4.92. The summed E-state index contributed by atoms with van der Waals surface area (Å²) in [6, 6.07) is 9.80. The second-order valence-electron chi connectivity index (χ2n) is 10.4. The second kappa shape index (κ2) is 8.11. The van der Waals surface area contributed by atoms with Gasteiger partial charge in [-0.2, -0.15) is 0 Å². The standard InChI is InChI=1S/C23H37NO3Si/c1-17(14-18-12-10-9-11-13-18)20(25)24-19(15-23(5,6)21(24)26)16-27-28(7,8)22(2,3)4/h9-13,17,19H,14-16H2,1-8H3/t17-,19-/m0/s1. The van der Waals surface area contributed by atoms with Gasteiger partial charge in [-0.15, -0.1) is 0 Å². The number of imide groups is 1. The Morgan fingerprint density at radius 2 is 1.82 bits per heavy atom. The van der Waals surface area contributed by atoms with Gasteiger partial charge in [0, 0.05) is 11.3 Å². The number of carbonyl (C=O) groups is 2. The first-order chi connectivity index (χ1) is 12.8. The molecule has 1 aliphatic rings. The van der Waals surface area contributed by atoms with E-state index in [1.165, 1.54) is 4.90 Å². The lowest BCUT2D eigenvalue weighted by Crippen LogP contribution is -2.48. The number of carbonyl (C=O) groups excluding carboxylic acids is 2. The van der Waals surface area contributed by atoms with Crippen LogP contribution in [0.4, 0.5) is 0 Å². The summed E-state index contributed by atoms with van der Waals surface area (Å²) in [5.74, 6) is -0.389. The number of benzene rings is 1. The maximum absolute atomic E-state index is 13.2. The van der Waals surface area contributed by atoms with Crippen LogP contribution in [0, 0.1) is 11.3 Å². The van der Waals surface area contributed by atoms with Crippen LogP contribution in [0.1, 0.15) is 53.5 Å². The topological polar surface area (TPSA) is 46.6 Å². The molecule has 0 aromatic heterocycles. The molecule has 0 saturated carbocycles. The molecule has 0 unspecified atom stereocenters. The molecular weight excluding hydrogens is 366 g/mol. The first kappa shape index (κ1) is 22.8. The van der Waals surface area contributed by atoms with Crippen LogP contribution in [0.25, 0.3) is 0 Å². The van der Waals surface area contributed by atoms with Gasteiger partial charge in [-0.3, -0.25) is 14.5 Å². The third-order valence-corrected chi connectivity index (χ3v) is 10.9. The van der Waals surface area contributed by atoms with Crippen molar-refractivity contribution in [1.29, 1.82) is 0 Å². The van der Waals surface area contributed by atoms with Crippen molar-refractivity contribution in [2.24, 2.45) is 11.3 Å². The lowest BCUT2D eigenvalue weighted by atomic mass is 9.90. The highest BCUT2D eigenvalue weighted by Crippen LogP contribution is 2.40. The van der Waals surface area contributed by atoms with E-state index in [-0.39, 0.29) is 28.8 Å². The van der Waals surface area contributed by atoms with Crippen LogP contribution in [0.3, 0.4) is 0 Å². The average molecular weight is 404 g/mol. The van der Waals surface area contributed by atoms with E-state index in [0.29, 0.717) is 19.4 Å². The molecule has 2 amide bonds. The molecule has 0 radical (unpaired) electrons. The number of amides is 2. The Labute approximate surface area is 171 Å². The zero-order valence-electron chi connectivity index (χ0n) is 18.8. The predicted molar refractivity (Wildman–Crippen MR) is 116 cm³/mol. The van der Waals surface area contributed by atoms with Crippen LogP contribution in [-0.2, 0) is 20.4 Å². The Morgan fingerprint density at radius 1 is 1.25 bits per heavy atom. The SMILES string of the molecule is C[C@@H](Cc1ccccc1)C(=O)N1C(=O)C(C)(C)C[C@H]1CO[Si](C)(C)C(C)(C)C. The van der Waals surface area contributed by atoms with E-state index in [9.17, 15) is 9.59 Å². The van der Waals surface area contributed by atoms with Gasteiger partial charge in [0.05, 0.1) is 12.6 Å². The predicted octanol–water partition coefficient (Wildman–Crippen LogP) is 5.04. The van der Waals surface area contributed by atoms with Crippen LogP contribution in [0.2, 0.25) is 18.1 Å². The minimum atomic E-state index is -1.94. The van der Waals surface area contributed by atoms with Crippen LogP contribution in [0.15, 0.2) is 30.3 Å². The Morgan fingerprint density at radius 3 is 2.36 bits per heavy atom. The van der Waals surface area contributed by atoms with Crippen LogP contribution >= 0.6 is 0 Å². The van der Waals surface area contributed by atoms with Crippen molar-refractivity contribution in [2.75, 3.05) is 6.61 Å². The molecule has 2 rings (SSSR count). The molecule has 28 heavy (non-hydrogen) atoms. The summed E-state index contributed by atoms with van der Waals surface area (Å²) in [4.78, 5) is 27.8. The average Bonchev–Trinajstić information content (AvgIpc) is 2.81. The summed E-state index contributed by atoms with van der Waals surface area (Å²) in [5.41, 5.74) is 0.590. The van der Waals surface area contributed by atoms with Crippen LogP contribution < -0.4 is 0 Å². The van der Waals surface area contributed by atoms with E-state index in [4.69, 9.17) is 4.43 Å². The van der Waals surface area contributed by atoms with Crippen molar-refractivity contribution >= 4 is 20.1 Å². The first-order valence-electron chi connectivity index (χ1n) is 10.3. The number of nitrogens with zero attached hydrogens (tertiary/aromatic N) is 1. The third-order valence-electron chi connectivity index (χ3n) is 6.40. The van der Waals surface area contributed by atoms with E-state index < -0.39 is 13.7 Å². The van der Waals surface area contributed by atoms with Crippen molar-refractivity contribution in [2.45, 2.75) is 78.6 Å². The fourth-order valence-corrected chi connectivity index (χ4v) is 4.53. The van der Waals surface area contributed by atoms with E-state index in [1.54, 1.807) is 0 Å². The molecule has 5 heteroatoms. The number of hydrogen-bond donors (Lipinski definition) is 0. The van der Waals surface area contributed by atoms with E-state index >= 15 is 0 Å². The quantitative estimate of drug-likeness (QED) is 0.625. The minimum absolute atomic E-state index is 0.0683. The molecule has 1 heterocycles. The molecule has 0 bridgehead atoms. The van der Waals surface area contributed by atoms with Crippen LogP contribution in [0.5, 0.6) is 0 Å². The van der Waals surface area contributed by atoms with E-state index in [1.807, 2.05) is 51.1 Å². The van der Waals surface area contributed by atoms with Gasteiger partial charge >= 0.3 is 0 Å². The molecule has 1 fully saturated rings. The normalized spacial score (nSPS) is 21.1. The monoisotopic (exact) mass is 403 g/mol. The molecule has 1 aromatic carbocycles. The summed E-state index contributed by atoms with van der Waals surface area (Å²) in [7, 11) is -1.94. The van der Waals surface area contributed by atoms with Crippen molar-refractivity contribution in [3.63, 3.8) is 0 Å². The van der Waals surface area contributed by atoms with Gasteiger partial charge in [0.25, 0.3) is 0 Å². The van der Waals surface area contributed by atoms with Gasteiger partial charge in [0.2, 0.25) is 11.8 Å². The van der Waals surface area contributed by atoms with Crippen molar-refractivity contribution in [3.05, 3.63) is 35.9 Å². The van der Waals surface area contributed by atoms with Gasteiger partial charge in [-0.1, -0.05) is 71.9 Å². The number of rotatable bonds is 6. The zero-order valence-corrected chi connectivity index (χ0v) is 19.8. The lowest BCUT2D eigenvalue weighted by molar-refractivity contribution is -0.149. The fraction of sp³-hybridized carbons (Fsp3) is 0.652. The minimum Gasteiger partial charge on any atom is -0.415 e. The van der Waals surface area contributed by atoms with Gasteiger partial charge < -0.3 is 4.43 Å². The molecule has 0 spiro atoms. The summed E-state index contributed by atoms with van der Waals surface area (Å²) >= 11 is 0. The molecule has 0 aliphatic carbocycles. The Hall–Kier alpha value is -1.46. The highest BCUT2D eigenvalue weighted by atomic mass is 28.4. The maximum atomic E-state index is 13.2. The van der Waals surface area contributed by atoms with Gasteiger partial charge in [0.1, 0.15) is 0 Å². The van der Waals surface area contributed by atoms with E-state index in [2.05, 4.69) is 33.9 Å². The summed E-state index contributed by atoms with van der Waals surface area (Å²) in [5, 5.41) is 0.0978. The molecule has 1 saturated heterocycles. The van der Waals surface area contributed by atoms with Gasteiger partial charge in [0.15, 0.2) is 8.32 Å². The molecule has 1 aromatic rings. The van der Waals surface area contributed by atoms with Gasteiger partial charge in [-0.05, 0) is 36.5 Å². The Bertz CT molecular complexity index is 706. The highest BCUT2D eigenvalue weighted by Gasteiger charge is 2.49. The maximum Gasteiger partial charge on any atom is 0.235 e. The van der Waals surface area contributed by atoms with Crippen molar-refractivity contribution < 1.29 is 14.0 Å². The Balaban J connectivity index is 2.16. The van der Waals surface area contributed by atoms with Crippen molar-refractivity contribution in [3.8, 4) is 0 Å². The molecule has 156 valence electrons. The lowest BCUT2D eigenvalue weighted by Gasteiger charge is -2.38. The van der Waals surface area contributed by atoms with Crippen LogP contribution in [-0.4, -0.2) is 37.7 Å². The fourth-order valence-electron chi connectivity index (χ4n) is 3.49.